The lowest BCUT2D eigenvalue weighted by atomic mass is 10.2. The van der Waals surface area contributed by atoms with Gasteiger partial charge in [0.15, 0.2) is 0 Å². The molecule has 1 nitrogen and oxygen atoms in total. The molecule has 3 rings (SSSR count). The van der Waals surface area contributed by atoms with Crippen LogP contribution in [0.5, 0.6) is 5.75 Å². The minimum absolute atomic E-state index is 0.632. The van der Waals surface area contributed by atoms with Crippen LogP contribution < -0.4 is 4.74 Å². The van der Waals surface area contributed by atoms with Crippen molar-refractivity contribution in [3.63, 3.8) is 0 Å². The van der Waals surface area contributed by atoms with E-state index in [-0.39, 0.29) is 0 Å². The van der Waals surface area contributed by atoms with Crippen molar-refractivity contribution in [3.05, 3.63) is 65.0 Å². The first kappa shape index (κ1) is 11.3. The number of ether oxygens (including phenoxy) is 1. The Balaban J connectivity index is 1.79. The maximum atomic E-state index is 5.82. The highest BCUT2D eigenvalue weighted by Gasteiger charge is 2.03. The predicted molar refractivity (Wildman–Crippen MR) is 77.3 cm³/mol. The van der Waals surface area contributed by atoms with E-state index in [1.54, 1.807) is 11.3 Å². The standard InChI is InChI=1S/C16H14OS/c1-12-6-8-14(9-7-12)17-10-13-11-18-16-5-3-2-4-15(13)16/h2-9,11H,10H2,1H3. The molecule has 3 aromatic rings. The maximum absolute atomic E-state index is 5.82. The first-order valence-corrected chi connectivity index (χ1v) is 6.85. The number of fused-ring (bicyclic) bond motifs is 1. The zero-order chi connectivity index (χ0) is 12.4. The molecule has 0 fully saturated rings. The van der Waals surface area contributed by atoms with Crippen LogP contribution >= 0.6 is 11.3 Å². The second-order valence-electron chi connectivity index (χ2n) is 4.36. The van der Waals surface area contributed by atoms with E-state index in [0.29, 0.717) is 6.61 Å². The van der Waals surface area contributed by atoms with Crippen molar-refractivity contribution in [1.82, 2.24) is 0 Å². The summed E-state index contributed by atoms with van der Waals surface area (Å²) < 4.78 is 7.14. The van der Waals surface area contributed by atoms with E-state index >= 15 is 0 Å². The van der Waals surface area contributed by atoms with Crippen molar-refractivity contribution < 1.29 is 4.74 Å². The van der Waals surface area contributed by atoms with Crippen LogP contribution in [0.25, 0.3) is 10.1 Å². The molecule has 0 saturated carbocycles. The third-order valence-electron chi connectivity index (χ3n) is 2.98. The highest BCUT2D eigenvalue weighted by molar-refractivity contribution is 7.17. The number of aryl methyl sites for hydroxylation is 1. The number of hydrogen-bond acceptors (Lipinski definition) is 2. The molecule has 0 saturated heterocycles. The lowest BCUT2D eigenvalue weighted by molar-refractivity contribution is 0.308. The van der Waals surface area contributed by atoms with E-state index in [1.165, 1.54) is 21.2 Å². The smallest absolute Gasteiger partial charge is 0.119 e. The van der Waals surface area contributed by atoms with Gasteiger partial charge in [-0.3, -0.25) is 0 Å². The van der Waals surface area contributed by atoms with Gasteiger partial charge >= 0.3 is 0 Å². The molecule has 18 heavy (non-hydrogen) atoms. The van der Waals surface area contributed by atoms with E-state index in [2.05, 4.69) is 48.7 Å². The Kier molecular flexibility index (Phi) is 3.03. The monoisotopic (exact) mass is 254 g/mol. The molecular formula is C16H14OS. The third kappa shape index (κ3) is 2.24. The van der Waals surface area contributed by atoms with Gasteiger partial charge in [-0.05, 0) is 35.9 Å². The van der Waals surface area contributed by atoms with E-state index < -0.39 is 0 Å². The molecule has 0 amide bonds. The van der Waals surface area contributed by atoms with Gasteiger partial charge in [-0.2, -0.15) is 0 Å². The zero-order valence-corrected chi connectivity index (χ0v) is 11.0. The van der Waals surface area contributed by atoms with Crippen LogP contribution in [0.3, 0.4) is 0 Å². The Hall–Kier alpha value is -1.80. The van der Waals surface area contributed by atoms with E-state index in [1.807, 2.05) is 12.1 Å². The third-order valence-corrected chi connectivity index (χ3v) is 3.99. The zero-order valence-electron chi connectivity index (χ0n) is 10.2. The molecule has 0 radical (unpaired) electrons. The topological polar surface area (TPSA) is 9.23 Å². The summed E-state index contributed by atoms with van der Waals surface area (Å²) in [4.78, 5) is 0. The molecule has 0 N–H and O–H groups in total. The number of hydrogen-bond donors (Lipinski definition) is 0. The second-order valence-corrected chi connectivity index (χ2v) is 5.27. The Morgan fingerprint density at radius 1 is 1.00 bits per heavy atom. The predicted octanol–water partition coefficient (Wildman–Crippen LogP) is 4.79. The molecule has 0 bridgehead atoms. The molecule has 90 valence electrons. The van der Waals surface area contributed by atoms with E-state index in [4.69, 9.17) is 4.74 Å². The highest BCUT2D eigenvalue weighted by Crippen LogP contribution is 2.26. The summed E-state index contributed by atoms with van der Waals surface area (Å²) >= 11 is 1.77. The van der Waals surface area contributed by atoms with Gasteiger partial charge in [-0.15, -0.1) is 11.3 Å². The maximum Gasteiger partial charge on any atom is 0.119 e. The summed E-state index contributed by atoms with van der Waals surface area (Å²) in [6.45, 7) is 2.71. The molecule has 2 heteroatoms. The van der Waals surface area contributed by atoms with Crippen LogP contribution in [-0.4, -0.2) is 0 Å². The minimum atomic E-state index is 0.632. The lowest BCUT2D eigenvalue weighted by Crippen LogP contribution is -1.94. The molecule has 0 unspecified atom stereocenters. The first-order valence-electron chi connectivity index (χ1n) is 5.97. The van der Waals surface area contributed by atoms with Gasteiger partial charge in [-0.1, -0.05) is 35.9 Å². The van der Waals surface area contributed by atoms with Gasteiger partial charge in [0.25, 0.3) is 0 Å². The Morgan fingerprint density at radius 2 is 1.78 bits per heavy atom. The molecule has 1 heterocycles. The van der Waals surface area contributed by atoms with Crippen molar-refractivity contribution >= 4 is 21.4 Å². The van der Waals surface area contributed by atoms with Gasteiger partial charge in [0.1, 0.15) is 12.4 Å². The van der Waals surface area contributed by atoms with Crippen molar-refractivity contribution in [1.29, 1.82) is 0 Å². The molecule has 0 atom stereocenters. The van der Waals surface area contributed by atoms with Gasteiger partial charge in [0.05, 0.1) is 0 Å². The van der Waals surface area contributed by atoms with Gasteiger partial charge in [-0.25, -0.2) is 0 Å². The van der Waals surface area contributed by atoms with Crippen LogP contribution in [0.1, 0.15) is 11.1 Å². The summed E-state index contributed by atoms with van der Waals surface area (Å²) in [6, 6.07) is 16.6. The summed E-state index contributed by atoms with van der Waals surface area (Å²) in [5.41, 5.74) is 2.51. The quantitative estimate of drug-likeness (QED) is 0.653. The molecule has 0 aliphatic heterocycles. The SMILES string of the molecule is Cc1ccc(OCc2csc3ccccc23)cc1. The molecule has 2 aromatic carbocycles. The lowest BCUT2D eigenvalue weighted by Gasteiger charge is -2.05. The normalized spacial score (nSPS) is 10.7. The Labute approximate surface area is 111 Å². The van der Waals surface area contributed by atoms with Crippen molar-refractivity contribution in [3.8, 4) is 5.75 Å². The van der Waals surface area contributed by atoms with Crippen molar-refractivity contribution in [2.24, 2.45) is 0 Å². The van der Waals surface area contributed by atoms with Crippen LogP contribution in [0, 0.1) is 6.92 Å². The molecule has 1 aromatic heterocycles. The van der Waals surface area contributed by atoms with E-state index in [9.17, 15) is 0 Å². The molecule has 0 spiro atoms. The van der Waals surface area contributed by atoms with Gasteiger partial charge in [0.2, 0.25) is 0 Å². The van der Waals surface area contributed by atoms with Crippen molar-refractivity contribution in [2.45, 2.75) is 13.5 Å². The fraction of sp³-hybridized carbons (Fsp3) is 0.125. The van der Waals surface area contributed by atoms with Crippen LogP contribution in [0.4, 0.5) is 0 Å². The van der Waals surface area contributed by atoms with Crippen LogP contribution in [0.2, 0.25) is 0 Å². The summed E-state index contributed by atoms with van der Waals surface area (Å²) in [7, 11) is 0. The van der Waals surface area contributed by atoms with Crippen molar-refractivity contribution in [2.75, 3.05) is 0 Å². The molecule has 0 aliphatic carbocycles. The fourth-order valence-electron chi connectivity index (χ4n) is 1.94. The number of benzene rings is 2. The average Bonchev–Trinajstić information content (AvgIpc) is 2.82. The fourth-order valence-corrected chi connectivity index (χ4v) is 2.89. The largest absolute Gasteiger partial charge is 0.489 e. The van der Waals surface area contributed by atoms with Gasteiger partial charge < -0.3 is 4.74 Å². The Bertz CT molecular complexity index is 652. The highest BCUT2D eigenvalue weighted by atomic mass is 32.1. The van der Waals surface area contributed by atoms with Crippen LogP contribution in [-0.2, 0) is 6.61 Å². The van der Waals surface area contributed by atoms with Crippen LogP contribution in [0.15, 0.2) is 53.9 Å². The minimum Gasteiger partial charge on any atom is -0.489 e. The molecule has 0 aliphatic rings. The average molecular weight is 254 g/mol. The summed E-state index contributed by atoms with van der Waals surface area (Å²) in [5, 5.41) is 3.48. The van der Waals surface area contributed by atoms with Gasteiger partial charge in [0, 0.05) is 10.3 Å². The first-order chi connectivity index (χ1) is 8.83. The summed E-state index contributed by atoms with van der Waals surface area (Å²) in [6.07, 6.45) is 0. The number of thiophene rings is 1. The van der Waals surface area contributed by atoms with E-state index in [0.717, 1.165) is 5.75 Å². The summed E-state index contributed by atoms with van der Waals surface area (Å²) in [5.74, 6) is 0.927. The second kappa shape index (κ2) is 4.83. The molecular weight excluding hydrogens is 240 g/mol. The Morgan fingerprint density at radius 3 is 2.61 bits per heavy atom. The number of rotatable bonds is 3.